The average molecular weight is 261 g/mol. The number of nitrogens with two attached hydrogens (primary N) is 1. The van der Waals surface area contributed by atoms with E-state index in [1.807, 2.05) is 6.92 Å². The van der Waals surface area contributed by atoms with Crippen molar-refractivity contribution >= 4 is 11.6 Å². The van der Waals surface area contributed by atoms with Gasteiger partial charge in [0.1, 0.15) is 6.33 Å². The molecule has 1 amide bonds. The molecule has 0 unspecified atom stereocenters. The van der Waals surface area contributed by atoms with Crippen LogP contribution in [0.4, 0.5) is 5.69 Å². The molecule has 1 aromatic heterocycles. The predicted octanol–water partition coefficient (Wildman–Crippen LogP) is 0.939. The molecule has 1 aromatic carbocycles. The summed E-state index contributed by atoms with van der Waals surface area (Å²) < 4.78 is 6.95. The number of hydrogen-bond acceptors (Lipinski definition) is 5. The number of nitrogens with zero attached hydrogens (tertiary/aromatic N) is 3. The molecule has 0 saturated carbocycles. The lowest BCUT2D eigenvalue weighted by Gasteiger charge is -2.07. The van der Waals surface area contributed by atoms with E-state index in [1.54, 1.807) is 25.2 Å². The van der Waals surface area contributed by atoms with Crippen molar-refractivity contribution in [1.29, 1.82) is 0 Å². The Hall–Kier alpha value is -2.57. The Balaban J connectivity index is 2.17. The summed E-state index contributed by atoms with van der Waals surface area (Å²) in [6, 6.07) is 5.03. The van der Waals surface area contributed by atoms with Gasteiger partial charge in [-0.15, -0.1) is 5.10 Å². The van der Waals surface area contributed by atoms with E-state index in [4.69, 9.17) is 10.5 Å². The Morgan fingerprint density at radius 3 is 2.89 bits per heavy atom. The Bertz CT molecular complexity index is 594. The van der Waals surface area contributed by atoms with Gasteiger partial charge in [-0.05, 0) is 25.1 Å². The van der Waals surface area contributed by atoms with Crippen LogP contribution in [0.1, 0.15) is 17.3 Å². The van der Waals surface area contributed by atoms with E-state index in [2.05, 4.69) is 15.4 Å². The molecule has 7 heteroatoms. The maximum atomic E-state index is 11.6. The summed E-state index contributed by atoms with van der Waals surface area (Å²) in [6.07, 6.45) is 1.52. The molecule has 2 aromatic rings. The van der Waals surface area contributed by atoms with Crippen LogP contribution in [0.2, 0.25) is 0 Å². The quantitative estimate of drug-likeness (QED) is 0.798. The number of anilines is 1. The van der Waals surface area contributed by atoms with Crippen LogP contribution in [0.5, 0.6) is 11.8 Å². The van der Waals surface area contributed by atoms with Crippen molar-refractivity contribution in [3.05, 3.63) is 30.1 Å². The Kier molecular flexibility index (Phi) is 3.65. The van der Waals surface area contributed by atoms with Crippen LogP contribution in [-0.2, 0) is 7.05 Å². The van der Waals surface area contributed by atoms with E-state index in [1.165, 1.54) is 11.0 Å². The molecule has 0 atom stereocenters. The van der Waals surface area contributed by atoms with E-state index < -0.39 is 0 Å². The molecule has 19 heavy (non-hydrogen) atoms. The van der Waals surface area contributed by atoms with Crippen molar-refractivity contribution in [2.24, 2.45) is 7.05 Å². The fourth-order valence-electron chi connectivity index (χ4n) is 1.51. The van der Waals surface area contributed by atoms with Gasteiger partial charge in [-0.3, -0.25) is 9.48 Å². The van der Waals surface area contributed by atoms with Crippen molar-refractivity contribution in [3.63, 3.8) is 0 Å². The zero-order chi connectivity index (χ0) is 13.8. The Morgan fingerprint density at radius 1 is 1.53 bits per heavy atom. The van der Waals surface area contributed by atoms with Crippen LogP contribution in [0.3, 0.4) is 0 Å². The van der Waals surface area contributed by atoms with Crippen molar-refractivity contribution in [2.75, 3.05) is 12.3 Å². The van der Waals surface area contributed by atoms with Gasteiger partial charge in [-0.2, -0.15) is 4.98 Å². The van der Waals surface area contributed by atoms with E-state index in [0.29, 0.717) is 23.5 Å². The van der Waals surface area contributed by atoms with Gasteiger partial charge in [0.2, 0.25) is 0 Å². The number of aromatic nitrogens is 3. The summed E-state index contributed by atoms with van der Waals surface area (Å²) in [5.41, 5.74) is 6.69. The molecular weight excluding hydrogens is 246 g/mol. The second-order valence-corrected chi connectivity index (χ2v) is 3.91. The van der Waals surface area contributed by atoms with Crippen LogP contribution in [-0.4, -0.2) is 27.2 Å². The fraction of sp³-hybridized carbons (Fsp3) is 0.250. The first kappa shape index (κ1) is 12.9. The third-order valence-electron chi connectivity index (χ3n) is 2.39. The monoisotopic (exact) mass is 261 g/mol. The van der Waals surface area contributed by atoms with Crippen molar-refractivity contribution in [1.82, 2.24) is 20.1 Å². The summed E-state index contributed by atoms with van der Waals surface area (Å²) in [7, 11) is 1.74. The number of benzene rings is 1. The summed E-state index contributed by atoms with van der Waals surface area (Å²) in [6.45, 7) is 2.42. The first-order valence-corrected chi connectivity index (χ1v) is 5.81. The van der Waals surface area contributed by atoms with E-state index in [-0.39, 0.29) is 11.9 Å². The molecule has 0 fully saturated rings. The van der Waals surface area contributed by atoms with Gasteiger partial charge in [0.25, 0.3) is 5.91 Å². The minimum absolute atomic E-state index is 0.170. The highest BCUT2D eigenvalue weighted by Crippen LogP contribution is 2.26. The number of amides is 1. The van der Waals surface area contributed by atoms with Crippen LogP contribution in [0.15, 0.2) is 24.5 Å². The van der Waals surface area contributed by atoms with Crippen LogP contribution in [0.25, 0.3) is 0 Å². The van der Waals surface area contributed by atoms with Crippen LogP contribution < -0.4 is 15.8 Å². The lowest BCUT2D eigenvalue weighted by atomic mass is 10.2. The van der Waals surface area contributed by atoms with E-state index in [9.17, 15) is 4.79 Å². The van der Waals surface area contributed by atoms with Gasteiger partial charge in [0.05, 0.1) is 5.69 Å². The predicted molar refractivity (Wildman–Crippen MR) is 69.9 cm³/mol. The zero-order valence-corrected chi connectivity index (χ0v) is 10.8. The molecule has 0 aliphatic heterocycles. The van der Waals surface area contributed by atoms with Gasteiger partial charge >= 0.3 is 6.01 Å². The standard InChI is InChI=1S/C12H15N5O2/c1-3-14-11(18)8-4-5-10(9(13)6-8)19-12-15-7-17(2)16-12/h4-7H,3,13H2,1-2H3,(H,14,18). The number of ether oxygens (including phenoxy) is 1. The molecule has 0 spiro atoms. The third-order valence-corrected chi connectivity index (χ3v) is 2.39. The number of rotatable bonds is 4. The number of hydrogen-bond donors (Lipinski definition) is 2. The maximum absolute atomic E-state index is 11.6. The molecule has 0 bridgehead atoms. The van der Waals surface area contributed by atoms with Gasteiger partial charge in [-0.1, -0.05) is 0 Å². The number of nitrogen functional groups attached to an aromatic ring is 1. The van der Waals surface area contributed by atoms with Gasteiger partial charge in [0.15, 0.2) is 5.75 Å². The van der Waals surface area contributed by atoms with E-state index >= 15 is 0 Å². The molecular formula is C12H15N5O2. The lowest BCUT2D eigenvalue weighted by molar-refractivity contribution is 0.0956. The number of carbonyl (C=O) groups is 1. The van der Waals surface area contributed by atoms with Gasteiger partial charge in [-0.25, -0.2) is 0 Å². The van der Waals surface area contributed by atoms with Crippen molar-refractivity contribution in [3.8, 4) is 11.8 Å². The lowest BCUT2D eigenvalue weighted by Crippen LogP contribution is -2.22. The fourth-order valence-corrected chi connectivity index (χ4v) is 1.51. The zero-order valence-electron chi connectivity index (χ0n) is 10.8. The molecule has 0 radical (unpaired) electrons. The highest BCUT2D eigenvalue weighted by molar-refractivity contribution is 5.95. The molecule has 7 nitrogen and oxygen atoms in total. The van der Waals surface area contributed by atoms with E-state index in [0.717, 1.165) is 0 Å². The van der Waals surface area contributed by atoms with Gasteiger partial charge in [0, 0.05) is 19.2 Å². The Labute approximate surface area is 110 Å². The second kappa shape index (κ2) is 5.38. The molecule has 100 valence electrons. The highest BCUT2D eigenvalue weighted by Gasteiger charge is 2.10. The first-order valence-electron chi connectivity index (χ1n) is 5.81. The average Bonchev–Trinajstić information content (AvgIpc) is 2.78. The number of aryl methyl sites for hydroxylation is 1. The van der Waals surface area contributed by atoms with Crippen molar-refractivity contribution < 1.29 is 9.53 Å². The molecule has 0 saturated heterocycles. The molecule has 3 N–H and O–H groups in total. The topological polar surface area (TPSA) is 95.1 Å². The minimum Gasteiger partial charge on any atom is -0.421 e. The summed E-state index contributed by atoms with van der Waals surface area (Å²) >= 11 is 0. The van der Waals surface area contributed by atoms with Crippen molar-refractivity contribution in [2.45, 2.75) is 6.92 Å². The minimum atomic E-state index is -0.170. The molecule has 0 aliphatic carbocycles. The smallest absolute Gasteiger partial charge is 0.341 e. The first-order chi connectivity index (χ1) is 9.10. The molecule has 0 aliphatic rings. The summed E-state index contributed by atoms with van der Waals surface area (Å²) in [5, 5.41) is 6.68. The SMILES string of the molecule is CCNC(=O)c1ccc(Oc2ncn(C)n2)c(N)c1. The number of nitrogens with one attached hydrogen (secondary N) is 1. The van der Waals surface area contributed by atoms with Crippen LogP contribution >= 0.6 is 0 Å². The van der Waals surface area contributed by atoms with Gasteiger partial charge < -0.3 is 15.8 Å². The summed E-state index contributed by atoms with van der Waals surface area (Å²) in [4.78, 5) is 15.6. The Morgan fingerprint density at radius 2 is 2.32 bits per heavy atom. The molecule has 2 rings (SSSR count). The van der Waals surface area contributed by atoms with Crippen LogP contribution in [0, 0.1) is 0 Å². The summed E-state index contributed by atoms with van der Waals surface area (Å²) in [5.74, 6) is 0.246. The third kappa shape index (κ3) is 3.01. The maximum Gasteiger partial charge on any atom is 0.341 e. The highest BCUT2D eigenvalue weighted by atomic mass is 16.5. The molecule has 1 heterocycles. The normalized spacial score (nSPS) is 10.2. The number of carbonyl (C=O) groups excluding carboxylic acids is 1. The largest absolute Gasteiger partial charge is 0.421 e. The second-order valence-electron chi connectivity index (χ2n) is 3.91.